The van der Waals surface area contributed by atoms with Gasteiger partial charge in [-0.3, -0.25) is 4.79 Å². The molecule has 2 heterocycles. The lowest BCUT2D eigenvalue weighted by Gasteiger charge is -2.07. The largest absolute Gasteiger partial charge is 0.349 e. The normalized spacial score (nSPS) is 22.5. The van der Waals surface area contributed by atoms with E-state index >= 15 is 0 Å². The Kier molecular flexibility index (Phi) is 3.46. The van der Waals surface area contributed by atoms with E-state index in [2.05, 4.69) is 15.3 Å². The Balaban J connectivity index is 1.75. The van der Waals surface area contributed by atoms with Crippen molar-refractivity contribution in [3.63, 3.8) is 0 Å². The molecule has 1 aliphatic rings. The Morgan fingerprint density at radius 1 is 1.59 bits per heavy atom. The number of aromatic nitrogens is 2. The monoisotopic (exact) mass is 257 g/mol. The third-order valence-corrected chi connectivity index (χ3v) is 4.65. The third-order valence-electron chi connectivity index (χ3n) is 2.81. The summed E-state index contributed by atoms with van der Waals surface area (Å²) in [4.78, 5) is 18.4. The average molecular weight is 257 g/mol. The summed E-state index contributed by atoms with van der Waals surface area (Å²) >= 11 is 0. The Labute approximate surface area is 99.7 Å². The zero-order valence-corrected chi connectivity index (χ0v) is 10.2. The van der Waals surface area contributed by atoms with Crippen LogP contribution in [0, 0.1) is 5.92 Å². The first-order valence-electron chi connectivity index (χ1n) is 5.50. The summed E-state index contributed by atoms with van der Waals surface area (Å²) in [7, 11) is -2.90. The molecule has 1 aromatic rings. The van der Waals surface area contributed by atoms with Crippen molar-refractivity contribution in [1.82, 2.24) is 15.3 Å². The molecule has 0 saturated carbocycles. The SMILES string of the molecule is O=C(CC1CCS(=O)(=O)C1)NCc1ncc[nH]1. The van der Waals surface area contributed by atoms with Crippen LogP contribution >= 0.6 is 0 Å². The second kappa shape index (κ2) is 4.87. The minimum absolute atomic E-state index is 0.0309. The number of nitrogens with one attached hydrogen (secondary N) is 2. The van der Waals surface area contributed by atoms with Crippen molar-refractivity contribution < 1.29 is 13.2 Å². The minimum atomic E-state index is -2.90. The second-order valence-corrected chi connectivity index (χ2v) is 6.51. The van der Waals surface area contributed by atoms with E-state index in [9.17, 15) is 13.2 Å². The van der Waals surface area contributed by atoms with Gasteiger partial charge in [0.15, 0.2) is 9.84 Å². The van der Waals surface area contributed by atoms with Crippen LogP contribution in [0.5, 0.6) is 0 Å². The molecule has 2 N–H and O–H groups in total. The molecule has 1 unspecified atom stereocenters. The fraction of sp³-hybridized carbons (Fsp3) is 0.600. The molecule has 1 aromatic heterocycles. The van der Waals surface area contributed by atoms with E-state index in [4.69, 9.17) is 0 Å². The van der Waals surface area contributed by atoms with E-state index in [0.29, 0.717) is 18.8 Å². The number of aromatic amines is 1. The number of nitrogens with zero attached hydrogens (tertiary/aromatic N) is 1. The zero-order chi connectivity index (χ0) is 12.3. The Bertz CT molecular complexity index is 481. The summed E-state index contributed by atoms with van der Waals surface area (Å²) < 4.78 is 22.4. The van der Waals surface area contributed by atoms with Crippen molar-refractivity contribution in [2.75, 3.05) is 11.5 Å². The number of amides is 1. The highest BCUT2D eigenvalue weighted by atomic mass is 32.2. The van der Waals surface area contributed by atoms with Gasteiger partial charge >= 0.3 is 0 Å². The lowest BCUT2D eigenvalue weighted by Crippen LogP contribution is -2.26. The Morgan fingerprint density at radius 3 is 3.00 bits per heavy atom. The highest BCUT2D eigenvalue weighted by Gasteiger charge is 2.29. The van der Waals surface area contributed by atoms with Crippen molar-refractivity contribution >= 4 is 15.7 Å². The van der Waals surface area contributed by atoms with Crippen molar-refractivity contribution in [3.8, 4) is 0 Å². The standard InChI is InChI=1S/C10H15N3O3S/c14-10(13-6-9-11-2-3-12-9)5-8-1-4-17(15,16)7-8/h2-3,8H,1,4-7H2,(H,11,12)(H,13,14). The van der Waals surface area contributed by atoms with Crippen molar-refractivity contribution in [2.24, 2.45) is 5.92 Å². The Morgan fingerprint density at radius 2 is 2.41 bits per heavy atom. The fourth-order valence-electron chi connectivity index (χ4n) is 1.94. The van der Waals surface area contributed by atoms with Crippen LogP contribution in [0.15, 0.2) is 12.4 Å². The highest BCUT2D eigenvalue weighted by molar-refractivity contribution is 7.91. The van der Waals surface area contributed by atoms with Gasteiger partial charge in [0.2, 0.25) is 5.91 Å². The number of H-pyrrole nitrogens is 1. The zero-order valence-electron chi connectivity index (χ0n) is 9.35. The van der Waals surface area contributed by atoms with Gasteiger partial charge in [-0.05, 0) is 12.3 Å². The molecule has 1 fully saturated rings. The summed E-state index contributed by atoms with van der Waals surface area (Å²) in [6.07, 6.45) is 4.17. The maximum atomic E-state index is 11.6. The van der Waals surface area contributed by atoms with E-state index in [1.165, 1.54) is 0 Å². The van der Waals surface area contributed by atoms with Gasteiger partial charge in [-0.1, -0.05) is 0 Å². The van der Waals surface area contributed by atoms with Crippen LogP contribution in [0.1, 0.15) is 18.7 Å². The van der Waals surface area contributed by atoms with Gasteiger partial charge in [0.05, 0.1) is 18.1 Å². The smallest absolute Gasteiger partial charge is 0.220 e. The van der Waals surface area contributed by atoms with E-state index < -0.39 is 9.84 Å². The quantitative estimate of drug-likeness (QED) is 0.784. The van der Waals surface area contributed by atoms with Crippen LogP contribution in [-0.2, 0) is 21.2 Å². The van der Waals surface area contributed by atoms with Crippen LogP contribution in [-0.4, -0.2) is 35.8 Å². The van der Waals surface area contributed by atoms with Crippen molar-refractivity contribution in [1.29, 1.82) is 0 Å². The molecule has 1 aliphatic heterocycles. The molecule has 17 heavy (non-hydrogen) atoms. The van der Waals surface area contributed by atoms with Crippen molar-refractivity contribution in [3.05, 3.63) is 18.2 Å². The molecule has 0 aromatic carbocycles. The molecular weight excluding hydrogens is 242 g/mol. The van der Waals surface area contributed by atoms with Gasteiger partial charge in [0.25, 0.3) is 0 Å². The molecular formula is C10H15N3O3S. The number of imidazole rings is 1. The number of hydrogen-bond acceptors (Lipinski definition) is 4. The van der Waals surface area contributed by atoms with Gasteiger partial charge in [-0.15, -0.1) is 0 Å². The lowest BCUT2D eigenvalue weighted by molar-refractivity contribution is -0.122. The number of rotatable bonds is 4. The van der Waals surface area contributed by atoms with E-state index in [1.807, 2.05) is 0 Å². The predicted octanol–water partition coefficient (Wildman–Crippen LogP) is -0.149. The molecule has 6 nitrogen and oxygen atoms in total. The third kappa shape index (κ3) is 3.55. The first kappa shape index (κ1) is 12.1. The van der Waals surface area contributed by atoms with Crippen LogP contribution in [0.4, 0.5) is 0 Å². The maximum absolute atomic E-state index is 11.6. The maximum Gasteiger partial charge on any atom is 0.220 e. The van der Waals surface area contributed by atoms with Crippen LogP contribution in [0.2, 0.25) is 0 Å². The van der Waals surface area contributed by atoms with E-state index in [-0.39, 0.29) is 29.8 Å². The summed E-state index contributed by atoms with van der Waals surface area (Å²) in [5, 5.41) is 2.71. The highest BCUT2D eigenvalue weighted by Crippen LogP contribution is 2.21. The molecule has 0 bridgehead atoms. The molecule has 7 heteroatoms. The van der Waals surface area contributed by atoms with Crippen molar-refractivity contribution in [2.45, 2.75) is 19.4 Å². The molecule has 1 saturated heterocycles. The van der Waals surface area contributed by atoms with Gasteiger partial charge < -0.3 is 10.3 Å². The van der Waals surface area contributed by atoms with Gasteiger partial charge in [0, 0.05) is 18.8 Å². The summed E-state index contributed by atoms with van der Waals surface area (Å²) in [5.74, 6) is 0.891. The summed E-state index contributed by atoms with van der Waals surface area (Å²) in [6.45, 7) is 0.352. The molecule has 94 valence electrons. The molecule has 0 spiro atoms. The van der Waals surface area contributed by atoms with E-state index in [1.54, 1.807) is 12.4 Å². The molecule has 1 atom stereocenters. The van der Waals surface area contributed by atoms with Crippen LogP contribution in [0.25, 0.3) is 0 Å². The lowest BCUT2D eigenvalue weighted by atomic mass is 10.1. The first-order chi connectivity index (χ1) is 8.05. The minimum Gasteiger partial charge on any atom is -0.349 e. The average Bonchev–Trinajstić information content (AvgIpc) is 2.85. The molecule has 1 amide bonds. The van der Waals surface area contributed by atoms with Crippen LogP contribution < -0.4 is 5.32 Å². The summed E-state index contributed by atoms with van der Waals surface area (Å²) in [5.41, 5.74) is 0. The Hall–Kier alpha value is -1.37. The van der Waals surface area contributed by atoms with Gasteiger partial charge in [-0.2, -0.15) is 0 Å². The summed E-state index contributed by atoms with van der Waals surface area (Å²) in [6, 6.07) is 0. The number of carbonyl (C=O) groups is 1. The topological polar surface area (TPSA) is 91.9 Å². The number of hydrogen-bond donors (Lipinski definition) is 2. The predicted molar refractivity (Wildman–Crippen MR) is 61.8 cm³/mol. The fourth-order valence-corrected chi connectivity index (χ4v) is 3.81. The second-order valence-electron chi connectivity index (χ2n) is 4.29. The molecule has 0 radical (unpaired) electrons. The van der Waals surface area contributed by atoms with Gasteiger partial charge in [-0.25, -0.2) is 13.4 Å². The molecule has 2 rings (SSSR count). The van der Waals surface area contributed by atoms with E-state index in [0.717, 1.165) is 0 Å². The van der Waals surface area contributed by atoms with Crippen LogP contribution in [0.3, 0.4) is 0 Å². The first-order valence-corrected chi connectivity index (χ1v) is 7.33. The molecule has 0 aliphatic carbocycles. The number of carbonyl (C=O) groups excluding carboxylic acids is 1. The van der Waals surface area contributed by atoms with Gasteiger partial charge in [0.1, 0.15) is 5.82 Å². The number of sulfone groups is 1.